The highest BCUT2D eigenvalue weighted by Crippen LogP contribution is 2.10. The van der Waals surface area contributed by atoms with E-state index in [1.165, 1.54) is 25.9 Å². The standard InChI is InChI=1S/C16H20N2O/c19-16-15-7-2-1-6-14(15)8-13-18(16)12-5-11-17-9-3-4-10-17/h1-2,6-8,13H,3-5,9-12H2. The molecule has 3 rings (SSSR count). The van der Waals surface area contributed by atoms with E-state index in [-0.39, 0.29) is 5.56 Å². The van der Waals surface area contributed by atoms with Crippen LogP contribution < -0.4 is 5.56 Å². The van der Waals surface area contributed by atoms with Crippen LogP contribution in [0.5, 0.6) is 0 Å². The topological polar surface area (TPSA) is 25.2 Å². The van der Waals surface area contributed by atoms with Gasteiger partial charge in [0.05, 0.1) is 0 Å². The molecule has 2 aromatic rings. The quantitative estimate of drug-likeness (QED) is 0.839. The smallest absolute Gasteiger partial charge is 0.258 e. The lowest BCUT2D eigenvalue weighted by atomic mass is 10.2. The van der Waals surface area contributed by atoms with Gasteiger partial charge in [0.2, 0.25) is 0 Å². The fraction of sp³-hybridized carbons (Fsp3) is 0.438. The van der Waals surface area contributed by atoms with Gasteiger partial charge < -0.3 is 9.47 Å². The molecule has 0 spiro atoms. The van der Waals surface area contributed by atoms with Gasteiger partial charge in [-0.25, -0.2) is 0 Å². The third kappa shape index (κ3) is 2.71. The molecule has 0 amide bonds. The molecule has 1 fully saturated rings. The number of hydrogen-bond donors (Lipinski definition) is 0. The van der Waals surface area contributed by atoms with Crippen molar-refractivity contribution < 1.29 is 0 Å². The minimum absolute atomic E-state index is 0.138. The van der Waals surface area contributed by atoms with Gasteiger partial charge in [0.15, 0.2) is 0 Å². The fourth-order valence-corrected chi connectivity index (χ4v) is 2.88. The van der Waals surface area contributed by atoms with E-state index in [2.05, 4.69) is 4.90 Å². The molecule has 2 heterocycles. The van der Waals surface area contributed by atoms with E-state index in [9.17, 15) is 4.79 Å². The van der Waals surface area contributed by atoms with Crippen molar-refractivity contribution in [2.75, 3.05) is 19.6 Å². The number of aryl methyl sites for hydroxylation is 1. The average Bonchev–Trinajstić information content (AvgIpc) is 2.95. The summed E-state index contributed by atoms with van der Waals surface area (Å²) in [5.74, 6) is 0. The monoisotopic (exact) mass is 256 g/mol. The Morgan fingerprint density at radius 2 is 1.79 bits per heavy atom. The van der Waals surface area contributed by atoms with Crippen molar-refractivity contribution in [1.82, 2.24) is 9.47 Å². The molecule has 1 aromatic carbocycles. The second-order valence-electron chi connectivity index (χ2n) is 5.30. The van der Waals surface area contributed by atoms with Crippen LogP contribution in [0.15, 0.2) is 41.3 Å². The van der Waals surface area contributed by atoms with Gasteiger partial charge in [-0.2, -0.15) is 0 Å². The molecular weight excluding hydrogens is 236 g/mol. The van der Waals surface area contributed by atoms with E-state index in [1.54, 1.807) is 0 Å². The van der Waals surface area contributed by atoms with Crippen LogP contribution in [0.2, 0.25) is 0 Å². The number of hydrogen-bond acceptors (Lipinski definition) is 2. The summed E-state index contributed by atoms with van der Waals surface area (Å²) in [4.78, 5) is 14.8. The Kier molecular flexibility index (Phi) is 3.65. The summed E-state index contributed by atoms with van der Waals surface area (Å²) in [7, 11) is 0. The second-order valence-corrected chi connectivity index (χ2v) is 5.30. The average molecular weight is 256 g/mol. The van der Waals surface area contributed by atoms with Crippen molar-refractivity contribution in [3.63, 3.8) is 0 Å². The van der Waals surface area contributed by atoms with Crippen molar-refractivity contribution in [2.45, 2.75) is 25.8 Å². The van der Waals surface area contributed by atoms with Gasteiger partial charge in [-0.3, -0.25) is 4.79 Å². The van der Waals surface area contributed by atoms with E-state index in [1.807, 2.05) is 41.1 Å². The summed E-state index contributed by atoms with van der Waals surface area (Å²) in [6, 6.07) is 9.84. The van der Waals surface area contributed by atoms with Crippen LogP contribution >= 0.6 is 0 Å². The number of nitrogens with zero attached hydrogens (tertiary/aromatic N) is 2. The fourth-order valence-electron chi connectivity index (χ4n) is 2.88. The first-order chi connectivity index (χ1) is 9.34. The maximum Gasteiger partial charge on any atom is 0.258 e. The number of fused-ring (bicyclic) bond motifs is 1. The zero-order valence-electron chi connectivity index (χ0n) is 11.2. The molecule has 1 aromatic heterocycles. The Bertz CT molecular complexity index is 611. The summed E-state index contributed by atoms with van der Waals surface area (Å²) in [5, 5.41) is 1.86. The summed E-state index contributed by atoms with van der Waals surface area (Å²) in [5.41, 5.74) is 0.138. The Balaban J connectivity index is 1.70. The Morgan fingerprint density at radius 3 is 2.63 bits per heavy atom. The van der Waals surface area contributed by atoms with Crippen molar-refractivity contribution in [1.29, 1.82) is 0 Å². The Hall–Kier alpha value is -1.61. The maximum atomic E-state index is 12.3. The molecule has 100 valence electrons. The van der Waals surface area contributed by atoms with Crippen molar-refractivity contribution >= 4 is 10.8 Å². The molecule has 0 saturated carbocycles. The lowest BCUT2D eigenvalue weighted by Crippen LogP contribution is -2.24. The minimum atomic E-state index is 0.138. The number of likely N-dealkylation sites (tertiary alicyclic amines) is 1. The Labute approximate surface area is 113 Å². The molecule has 0 N–H and O–H groups in total. The van der Waals surface area contributed by atoms with Gasteiger partial charge in [0, 0.05) is 18.1 Å². The van der Waals surface area contributed by atoms with Crippen LogP contribution in [0, 0.1) is 0 Å². The van der Waals surface area contributed by atoms with Crippen LogP contribution in [-0.4, -0.2) is 29.1 Å². The summed E-state index contributed by atoms with van der Waals surface area (Å²) < 4.78 is 1.85. The largest absolute Gasteiger partial charge is 0.315 e. The summed E-state index contributed by atoms with van der Waals surface area (Å²) in [6.45, 7) is 4.39. The lowest BCUT2D eigenvalue weighted by Gasteiger charge is -2.14. The van der Waals surface area contributed by atoms with Crippen LogP contribution in [0.3, 0.4) is 0 Å². The van der Waals surface area contributed by atoms with Gasteiger partial charge >= 0.3 is 0 Å². The molecular formula is C16H20N2O. The van der Waals surface area contributed by atoms with E-state index in [4.69, 9.17) is 0 Å². The lowest BCUT2D eigenvalue weighted by molar-refractivity contribution is 0.324. The predicted molar refractivity (Wildman–Crippen MR) is 78.5 cm³/mol. The highest BCUT2D eigenvalue weighted by Gasteiger charge is 2.10. The van der Waals surface area contributed by atoms with Gasteiger partial charge in [0.25, 0.3) is 5.56 Å². The van der Waals surface area contributed by atoms with Crippen molar-refractivity contribution in [3.05, 3.63) is 46.9 Å². The third-order valence-corrected chi connectivity index (χ3v) is 3.96. The van der Waals surface area contributed by atoms with Crippen molar-refractivity contribution in [3.8, 4) is 0 Å². The number of benzene rings is 1. The van der Waals surface area contributed by atoms with Crippen molar-refractivity contribution in [2.24, 2.45) is 0 Å². The molecule has 0 bridgehead atoms. The normalized spacial score (nSPS) is 16.2. The molecule has 1 aliphatic rings. The van der Waals surface area contributed by atoms with Crippen LogP contribution in [0.1, 0.15) is 19.3 Å². The molecule has 0 unspecified atom stereocenters. The summed E-state index contributed by atoms with van der Waals surface area (Å²) in [6.07, 6.45) is 5.64. The molecule has 3 nitrogen and oxygen atoms in total. The number of rotatable bonds is 4. The molecule has 1 saturated heterocycles. The minimum Gasteiger partial charge on any atom is -0.315 e. The maximum absolute atomic E-state index is 12.3. The first kappa shape index (κ1) is 12.4. The van der Waals surface area contributed by atoms with Crippen LogP contribution in [0.25, 0.3) is 10.8 Å². The second kappa shape index (κ2) is 5.57. The molecule has 0 atom stereocenters. The summed E-state index contributed by atoms with van der Waals surface area (Å²) >= 11 is 0. The zero-order valence-corrected chi connectivity index (χ0v) is 11.2. The van der Waals surface area contributed by atoms with Gasteiger partial charge in [0.1, 0.15) is 0 Å². The van der Waals surface area contributed by atoms with Gasteiger partial charge in [-0.1, -0.05) is 18.2 Å². The van der Waals surface area contributed by atoms with E-state index >= 15 is 0 Å². The molecule has 1 aliphatic heterocycles. The van der Waals surface area contributed by atoms with Crippen LogP contribution in [-0.2, 0) is 6.54 Å². The van der Waals surface area contributed by atoms with Crippen LogP contribution in [0.4, 0.5) is 0 Å². The highest BCUT2D eigenvalue weighted by atomic mass is 16.1. The predicted octanol–water partition coefficient (Wildman–Crippen LogP) is 2.49. The molecule has 0 aliphatic carbocycles. The zero-order chi connectivity index (χ0) is 13.1. The van der Waals surface area contributed by atoms with E-state index in [0.717, 1.165) is 30.3 Å². The van der Waals surface area contributed by atoms with Gasteiger partial charge in [-0.15, -0.1) is 0 Å². The van der Waals surface area contributed by atoms with E-state index < -0.39 is 0 Å². The first-order valence-corrected chi connectivity index (χ1v) is 7.15. The molecule has 19 heavy (non-hydrogen) atoms. The SMILES string of the molecule is O=c1c2ccccc2ccn1CCCN1CCCC1. The number of pyridine rings is 1. The Morgan fingerprint density at radius 1 is 1.00 bits per heavy atom. The third-order valence-electron chi connectivity index (χ3n) is 3.96. The molecule has 3 heteroatoms. The van der Waals surface area contributed by atoms with E-state index in [0.29, 0.717) is 0 Å². The molecule has 0 radical (unpaired) electrons. The number of aromatic nitrogens is 1. The highest BCUT2D eigenvalue weighted by molar-refractivity contribution is 5.81. The first-order valence-electron chi connectivity index (χ1n) is 7.15. The van der Waals surface area contributed by atoms with Gasteiger partial charge in [-0.05, 0) is 56.4 Å².